The van der Waals surface area contributed by atoms with E-state index in [1.165, 1.54) is 12.8 Å². The molecule has 0 spiro atoms. The molecule has 0 N–H and O–H groups in total. The van der Waals surface area contributed by atoms with E-state index in [2.05, 4.69) is 26.7 Å². The highest BCUT2D eigenvalue weighted by Crippen LogP contribution is 2.31. The number of fused-ring (bicyclic) bond motifs is 2. The van der Waals surface area contributed by atoms with Gasteiger partial charge < -0.3 is 18.8 Å². The molecule has 1 saturated heterocycles. The highest BCUT2D eigenvalue weighted by atomic mass is 16.3. The van der Waals surface area contributed by atoms with Gasteiger partial charge in [0.15, 0.2) is 0 Å². The van der Waals surface area contributed by atoms with Gasteiger partial charge in [-0.1, -0.05) is 0 Å². The topological polar surface area (TPSA) is 67.4 Å². The molecule has 4 heterocycles. The second kappa shape index (κ2) is 7.59. The first kappa shape index (κ1) is 18.9. The number of carbonyl (C=O) groups is 1. The number of carbonyl (C=O) groups excluding carboxylic acids is 1. The predicted molar refractivity (Wildman–Crippen MR) is 109 cm³/mol. The zero-order chi connectivity index (χ0) is 20.0. The van der Waals surface area contributed by atoms with Crippen LogP contribution in [0, 0.1) is 6.92 Å². The number of hydrogen-bond acceptors (Lipinski definition) is 5. The Kier molecular flexibility index (Phi) is 4.94. The molecule has 5 rings (SSSR count). The van der Waals surface area contributed by atoms with E-state index >= 15 is 0 Å². The lowest BCUT2D eigenvalue weighted by atomic mass is 9.94. The first-order valence-electron chi connectivity index (χ1n) is 11.1. The number of likely N-dealkylation sites (tertiary alicyclic amines) is 1. The quantitative estimate of drug-likeness (QED) is 0.779. The fourth-order valence-corrected chi connectivity index (χ4v) is 5.37. The van der Waals surface area contributed by atoms with E-state index in [9.17, 15) is 4.79 Å². The Labute approximate surface area is 172 Å². The lowest BCUT2D eigenvalue weighted by Gasteiger charge is -2.29. The van der Waals surface area contributed by atoms with E-state index in [0.717, 1.165) is 86.0 Å². The monoisotopic (exact) mass is 397 g/mol. The smallest absolute Gasteiger partial charge is 0.257 e. The van der Waals surface area contributed by atoms with Crippen LogP contribution < -0.4 is 0 Å². The summed E-state index contributed by atoms with van der Waals surface area (Å²) in [5, 5.41) is 9.06. The van der Waals surface area contributed by atoms with Gasteiger partial charge in [0.2, 0.25) is 0 Å². The van der Waals surface area contributed by atoms with Crippen molar-refractivity contribution >= 4 is 5.91 Å². The molecular formula is C22H31N5O2. The summed E-state index contributed by atoms with van der Waals surface area (Å²) in [4.78, 5) is 17.8. The number of likely N-dealkylation sites (N-methyl/N-ethyl adjacent to an activating group) is 1. The lowest BCUT2D eigenvalue weighted by molar-refractivity contribution is 0.0755. The average Bonchev–Trinajstić information content (AvgIpc) is 3.20. The van der Waals surface area contributed by atoms with Gasteiger partial charge in [-0.15, -0.1) is 10.2 Å². The predicted octanol–water partition coefficient (Wildman–Crippen LogP) is 2.57. The van der Waals surface area contributed by atoms with Crippen LogP contribution in [0.4, 0.5) is 0 Å². The van der Waals surface area contributed by atoms with Gasteiger partial charge >= 0.3 is 0 Å². The second-order valence-electron chi connectivity index (χ2n) is 8.91. The first-order chi connectivity index (χ1) is 14.1. The number of piperidine rings is 1. The Morgan fingerprint density at radius 1 is 1.03 bits per heavy atom. The molecular weight excluding hydrogens is 366 g/mol. The molecule has 0 saturated carbocycles. The normalized spacial score (nSPS) is 22.8. The van der Waals surface area contributed by atoms with Crippen LogP contribution in [-0.4, -0.2) is 63.7 Å². The van der Waals surface area contributed by atoms with E-state index in [1.54, 1.807) is 0 Å². The molecule has 1 atom stereocenters. The first-order valence-corrected chi connectivity index (χ1v) is 11.1. The van der Waals surface area contributed by atoms with Crippen LogP contribution in [0.2, 0.25) is 0 Å². The number of amides is 1. The third kappa shape index (κ3) is 3.39. The molecule has 156 valence electrons. The summed E-state index contributed by atoms with van der Waals surface area (Å²) >= 11 is 0. The van der Waals surface area contributed by atoms with Gasteiger partial charge in [0, 0.05) is 50.5 Å². The van der Waals surface area contributed by atoms with Gasteiger partial charge in [-0.2, -0.15) is 0 Å². The molecule has 0 bridgehead atoms. The molecule has 29 heavy (non-hydrogen) atoms. The molecule has 1 aliphatic carbocycles. The van der Waals surface area contributed by atoms with Crippen molar-refractivity contribution in [2.24, 2.45) is 0 Å². The van der Waals surface area contributed by atoms with E-state index < -0.39 is 0 Å². The van der Waals surface area contributed by atoms with E-state index in [4.69, 9.17) is 4.42 Å². The number of aryl methyl sites for hydroxylation is 2. The van der Waals surface area contributed by atoms with E-state index in [-0.39, 0.29) is 5.91 Å². The average molecular weight is 398 g/mol. The summed E-state index contributed by atoms with van der Waals surface area (Å²) in [7, 11) is 2.18. The maximum Gasteiger partial charge on any atom is 0.257 e. The summed E-state index contributed by atoms with van der Waals surface area (Å²) in [6.07, 6.45) is 7.37. The van der Waals surface area contributed by atoms with Crippen LogP contribution in [0.25, 0.3) is 0 Å². The van der Waals surface area contributed by atoms with Crippen molar-refractivity contribution in [1.82, 2.24) is 24.6 Å². The van der Waals surface area contributed by atoms with Crippen LogP contribution in [0.3, 0.4) is 0 Å². The van der Waals surface area contributed by atoms with Crippen LogP contribution in [0.1, 0.15) is 70.7 Å². The summed E-state index contributed by atoms with van der Waals surface area (Å²) in [6, 6.07) is 0. The number of aromatic nitrogens is 3. The van der Waals surface area contributed by atoms with Gasteiger partial charge in [-0.05, 0) is 52.6 Å². The minimum atomic E-state index is 0.132. The Hall–Kier alpha value is -2.15. The number of nitrogens with zero attached hydrogens (tertiary/aromatic N) is 5. The fraction of sp³-hybridized carbons (Fsp3) is 0.682. The minimum Gasteiger partial charge on any atom is -0.465 e. The Morgan fingerprint density at radius 2 is 1.90 bits per heavy atom. The fourth-order valence-electron chi connectivity index (χ4n) is 5.37. The Balaban J connectivity index is 1.35. The van der Waals surface area contributed by atoms with Crippen LogP contribution >= 0.6 is 0 Å². The standard InChI is InChI=1S/C22H31N5O2/c1-15-20(17-7-3-4-8-18(17)29-15)22(28)26-11-9-19-23-24-21(27(19)13-12-26)16-6-5-10-25(2)14-16/h16H,3-14H2,1-2H3/t16-/m0/s1. The molecule has 0 radical (unpaired) electrons. The molecule has 2 aromatic rings. The maximum atomic E-state index is 13.4. The van der Waals surface area contributed by atoms with Crippen molar-refractivity contribution in [2.75, 3.05) is 33.2 Å². The minimum absolute atomic E-state index is 0.132. The number of hydrogen-bond donors (Lipinski definition) is 0. The van der Waals surface area contributed by atoms with Gasteiger partial charge in [-0.25, -0.2) is 0 Å². The van der Waals surface area contributed by atoms with Crippen molar-refractivity contribution < 1.29 is 9.21 Å². The van der Waals surface area contributed by atoms with Crippen molar-refractivity contribution in [3.8, 4) is 0 Å². The molecule has 0 unspecified atom stereocenters. The molecule has 0 aromatic carbocycles. The molecule has 3 aliphatic rings. The van der Waals surface area contributed by atoms with E-state index in [0.29, 0.717) is 19.0 Å². The van der Waals surface area contributed by atoms with Gasteiger partial charge in [0.25, 0.3) is 5.91 Å². The SMILES string of the molecule is Cc1oc2c(c1C(=O)N1CCc3nnc([C@H]4CCCN(C)C4)n3CC1)CCCC2. The molecule has 2 aliphatic heterocycles. The highest BCUT2D eigenvalue weighted by Gasteiger charge is 2.31. The molecule has 2 aromatic heterocycles. The van der Waals surface area contributed by atoms with E-state index in [1.807, 2.05) is 11.8 Å². The molecule has 1 amide bonds. The van der Waals surface area contributed by atoms with Gasteiger partial charge in [-0.3, -0.25) is 4.79 Å². The lowest BCUT2D eigenvalue weighted by Crippen LogP contribution is -2.35. The Morgan fingerprint density at radius 3 is 2.76 bits per heavy atom. The third-order valence-corrected chi connectivity index (χ3v) is 6.89. The summed E-state index contributed by atoms with van der Waals surface area (Å²) < 4.78 is 8.24. The maximum absolute atomic E-state index is 13.4. The summed E-state index contributed by atoms with van der Waals surface area (Å²) in [6.45, 7) is 6.33. The highest BCUT2D eigenvalue weighted by molar-refractivity contribution is 5.97. The third-order valence-electron chi connectivity index (χ3n) is 6.89. The summed E-state index contributed by atoms with van der Waals surface area (Å²) in [5.74, 6) is 4.53. The largest absolute Gasteiger partial charge is 0.465 e. The number of rotatable bonds is 2. The van der Waals surface area contributed by atoms with Crippen LogP contribution in [0.5, 0.6) is 0 Å². The van der Waals surface area contributed by atoms with Gasteiger partial charge in [0.1, 0.15) is 23.2 Å². The molecule has 7 heteroatoms. The van der Waals surface area contributed by atoms with Crippen molar-refractivity contribution in [3.63, 3.8) is 0 Å². The van der Waals surface area contributed by atoms with Crippen molar-refractivity contribution in [1.29, 1.82) is 0 Å². The Bertz CT molecular complexity index is 915. The molecule has 7 nitrogen and oxygen atoms in total. The van der Waals surface area contributed by atoms with Crippen LogP contribution in [-0.2, 0) is 25.8 Å². The summed E-state index contributed by atoms with van der Waals surface area (Å²) in [5.41, 5.74) is 1.99. The number of furan rings is 1. The zero-order valence-electron chi connectivity index (χ0n) is 17.6. The van der Waals surface area contributed by atoms with Crippen LogP contribution in [0.15, 0.2) is 4.42 Å². The van der Waals surface area contributed by atoms with Crippen molar-refractivity contribution in [2.45, 2.75) is 64.3 Å². The molecule has 1 fully saturated rings. The zero-order valence-corrected chi connectivity index (χ0v) is 17.6. The van der Waals surface area contributed by atoms with Gasteiger partial charge in [0.05, 0.1) is 5.56 Å². The second-order valence-corrected chi connectivity index (χ2v) is 8.91. The van der Waals surface area contributed by atoms with Crippen molar-refractivity contribution in [3.05, 3.63) is 34.3 Å².